The van der Waals surface area contributed by atoms with E-state index in [1.807, 2.05) is 0 Å². The van der Waals surface area contributed by atoms with Crippen molar-refractivity contribution in [1.82, 2.24) is 5.34 Å². The van der Waals surface area contributed by atoms with Crippen LogP contribution in [0.25, 0.3) is 0 Å². The van der Waals surface area contributed by atoms with Gasteiger partial charge in [0.05, 0.1) is 12.2 Å². The maximum absolute atomic E-state index is 9.88. The van der Waals surface area contributed by atoms with E-state index in [0.29, 0.717) is 0 Å². The molecule has 0 aliphatic heterocycles. The molecular weight excluding hydrogens is 160 g/mol. The first-order valence-corrected chi connectivity index (χ1v) is 3.77. The third-order valence-corrected chi connectivity index (χ3v) is 0.724. The third kappa shape index (κ3) is 5.85. The van der Waals surface area contributed by atoms with Crippen molar-refractivity contribution in [2.75, 3.05) is 0 Å². The first kappa shape index (κ1) is 11.1. The number of rotatable bonds is 5. The van der Waals surface area contributed by atoms with Gasteiger partial charge in [0, 0.05) is 0 Å². The minimum absolute atomic E-state index is 0.0964. The monoisotopic (exact) mass is 174 g/mol. The lowest BCUT2D eigenvalue weighted by Crippen LogP contribution is -2.25. The molecule has 0 saturated carbocycles. The normalized spacial score (nSPS) is 10.2. The highest BCUT2D eigenvalue weighted by Gasteiger charge is 2.07. The van der Waals surface area contributed by atoms with Gasteiger partial charge in [0.2, 0.25) is 0 Å². The lowest BCUT2D eigenvalue weighted by Gasteiger charge is -2.19. The second-order valence-corrected chi connectivity index (χ2v) is 2.74. The SMILES string of the molecule is CC(C)ON(N=C=O)OC(C)C. The first-order valence-electron chi connectivity index (χ1n) is 3.77. The molecule has 0 aromatic rings. The van der Waals surface area contributed by atoms with E-state index >= 15 is 0 Å². The van der Waals surface area contributed by atoms with E-state index in [4.69, 9.17) is 9.68 Å². The summed E-state index contributed by atoms with van der Waals surface area (Å²) in [6, 6.07) is 0. The quantitative estimate of drug-likeness (QED) is 0.357. The van der Waals surface area contributed by atoms with Gasteiger partial charge in [-0.2, -0.15) is 0 Å². The van der Waals surface area contributed by atoms with E-state index in [1.54, 1.807) is 27.7 Å². The molecule has 0 spiro atoms. The molecule has 0 radical (unpaired) electrons. The minimum atomic E-state index is -0.0964. The van der Waals surface area contributed by atoms with Crippen LogP contribution in [0.15, 0.2) is 5.10 Å². The molecule has 0 aromatic carbocycles. The van der Waals surface area contributed by atoms with Crippen molar-refractivity contribution >= 4 is 6.08 Å². The zero-order valence-corrected chi connectivity index (χ0v) is 7.77. The van der Waals surface area contributed by atoms with Crippen LogP contribution in [0, 0.1) is 0 Å². The van der Waals surface area contributed by atoms with Crippen molar-refractivity contribution in [2.24, 2.45) is 5.10 Å². The van der Waals surface area contributed by atoms with Crippen LogP contribution in [0.4, 0.5) is 0 Å². The minimum Gasteiger partial charge on any atom is -0.229 e. The molecule has 5 heteroatoms. The predicted octanol–water partition coefficient (Wildman–Crippen LogP) is 1.22. The molecule has 0 aliphatic rings. The molecule has 0 saturated heterocycles. The van der Waals surface area contributed by atoms with Gasteiger partial charge in [0.25, 0.3) is 6.08 Å². The lowest BCUT2D eigenvalue weighted by atomic mass is 10.5. The third-order valence-electron chi connectivity index (χ3n) is 0.724. The van der Waals surface area contributed by atoms with E-state index in [2.05, 4.69) is 5.10 Å². The Bertz CT molecular complexity index is 154. The van der Waals surface area contributed by atoms with E-state index in [-0.39, 0.29) is 12.2 Å². The molecule has 0 N–H and O–H groups in total. The molecule has 0 amide bonds. The van der Waals surface area contributed by atoms with Crippen LogP contribution in [0.2, 0.25) is 0 Å². The van der Waals surface area contributed by atoms with E-state index < -0.39 is 0 Å². The standard InChI is InChI=1S/C7H14N2O3/c1-6(2)11-9(8-5-10)12-7(3)4/h6-7H,1-4H3. The fourth-order valence-corrected chi connectivity index (χ4v) is 0.466. The van der Waals surface area contributed by atoms with Gasteiger partial charge in [0.1, 0.15) is 0 Å². The van der Waals surface area contributed by atoms with Crippen molar-refractivity contribution in [3.8, 4) is 0 Å². The summed E-state index contributed by atoms with van der Waals surface area (Å²) in [5, 5.41) is 3.97. The molecule has 0 bridgehead atoms. The summed E-state index contributed by atoms with van der Waals surface area (Å²) in [6.07, 6.45) is 1.14. The van der Waals surface area contributed by atoms with Crippen LogP contribution in [-0.2, 0) is 14.5 Å². The molecule has 70 valence electrons. The molecule has 0 unspecified atom stereocenters. The van der Waals surface area contributed by atoms with Crippen LogP contribution in [-0.4, -0.2) is 23.6 Å². The van der Waals surface area contributed by atoms with Gasteiger partial charge in [-0.05, 0) is 38.1 Å². The number of hydrogen-bond donors (Lipinski definition) is 0. The van der Waals surface area contributed by atoms with Crippen LogP contribution < -0.4 is 0 Å². The van der Waals surface area contributed by atoms with Crippen LogP contribution >= 0.6 is 0 Å². The molecule has 5 nitrogen and oxygen atoms in total. The van der Waals surface area contributed by atoms with Gasteiger partial charge in [-0.15, -0.1) is 0 Å². The van der Waals surface area contributed by atoms with E-state index in [1.165, 1.54) is 6.08 Å². The molecular formula is C7H14N2O3. The topological polar surface area (TPSA) is 51.1 Å². The number of isocyanates is 1. The number of hydrogen-bond acceptors (Lipinski definition) is 5. The summed E-state index contributed by atoms with van der Waals surface area (Å²) in [7, 11) is 0. The zero-order valence-electron chi connectivity index (χ0n) is 7.77. The molecule has 12 heavy (non-hydrogen) atoms. The smallest absolute Gasteiger partial charge is 0.229 e. The van der Waals surface area contributed by atoms with Crippen LogP contribution in [0.3, 0.4) is 0 Å². The molecule has 0 aromatic heterocycles. The van der Waals surface area contributed by atoms with E-state index in [9.17, 15) is 4.79 Å². The highest BCUT2D eigenvalue weighted by Crippen LogP contribution is 2.01. The average Bonchev–Trinajstić information content (AvgIpc) is 1.84. The Morgan fingerprint density at radius 2 is 1.58 bits per heavy atom. The van der Waals surface area contributed by atoms with Crippen molar-refractivity contribution < 1.29 is 14.5 Å². The number of hydrazone groups is 1. The highest BCUT2D eigenvalue weighted by molar-refractivity contribution is 5.31. The second kappa shape index (κ2) is 5.71. The van der Waals surface area contributed by atoms with Crippen molar-refractivity contribution in [3.05, 3.63) is 0 Å². The first-order chi connectivity index (χ1) is 5.56. The lowest BCUT2D eigenvalue weighted by molar-refractivity contribution is -0.395. The molecule has 0 rings (SSSR count). The van der Waals surface area contributed by atoms with Gasteiger partial charge in [-0.3, -0.25) is 0 Å². The van der Waals surface area contributed by atoms with E-state index in [0.717, 1.165) is 5.34 Å². The summed E-state index contributed by atoms with van der Waals surface area (Å²) in [5.74, 6) is 0. The van der Waals surface area contributed by atoms with Crippen molar-refractivity contribution in [1.29, 1.82) is 0 Å². The molecule has 0 atom stereocenters. The average molecular weight is 174 g/mol. The van der Waals surface area contributed by atoms with Gasteiger partial charge >= 0.3 is 0 Å². The number of carbonyl (C=O) groups excluding carboxylic acids is 1. The van der Waals surface area contributed by atoms with Crippen molar-refractivity contribution in [3.63, 3.8) is 0 Å². The van der Waals surface area contributed by atoms with Gasteiger partial charge in [0.15, 0.2) is 0 Å². The summed E-state index contributed by atoms with van der Waals surface area (Å²) >= 11 is 0. The zero-order chi connectivity index (χ0) is 9.56. The fraction of sp³-hybridized carbons (Fsp3) is 0.857. The summed E-state index contributed by atoms with van der Waals surface area (Å²) in [6.45, 7) is 7.21. The summed E-state index contributed by atoms with van der Waals surface area (Å²) in [4.78, 5) is 19.9. The van der Waals surface area contributed by atoms with Gasteiger partial charge in [-0.25, -0.2) is 14.5 Å². The highest BCUT2D eigenvalue weighted by atomic mass is 17.0. The largest absolute Gasteiger partial charge is 0.262 e. The summed E-state index contributed by atoms with van der Waals surface area (Å²) in [5.41, 5.74) is 0. The van der Waals surface area contributed by atoms with Crippen LogP contribution in [0.5, 0.6) is 0 Å². The maximum Gasteiger partial charge on any atom is 0.262 e. The Balaban J connectivity index is 3.95. The maximum atomic E-state index is 9.88. The molecule has 0 aliphatic carbocycles. The van der Waals surface area contributed by atoms with Crippen molar-refractivity contribution in [2.45, 2.75) is 39.9 Å². The Kier molecular flexibility index (Phi) is 5.28. The Labute approximate surface area is 71.9 Å². The van der Waals surface area contributed by atoms with Gasteiger partial charge in [-0.1, -0.05) is 0 Å². The molecule has 0 heterocycles. The summed E-state index contributed by atoms with van der Waals surface area (Å²) < 4.78 is 0. The Morgan fingerprint density at radius 3 is 1.83 bits per heavy atom. The fourth-order valence-electron chi connectivity index (χ4n) is 0.466. The van der Waals surface area contributed by atoms with Gasteiger partial charge < -0.3 is 0 Å². The Morgan fingerprint density at radius 1 is 1.17 bits per heavy atom. The second-order valence-electron chi connectivity index (χ2n) is 2.74. The molecule has 0 fully saturated rings. The Hall–Kier alpha value is -0.900. The van der Waals surface area contributed by atoms with Crippen LogP contribution in [0.1, 0.15) is 27.7 Å². The predicted molar refractivity (Wildman–Crippen MR) is 42.4 cm³/mol. The number of nitrogens with zero attached hydrogens (tertiary/aromatic N) is 2.